The molecule has 0 aliphatic rings. The molecule has 0 fully saturated rings. The van der Waals surface area contributed by atoms with Crippen LogP contribution >= 0.6 is 0 Å². The molecule has 8 heteroatoms. The number of pyridine rings is 1. The first-order valence-corrected chi connectivity index (χ1v) is 9.24. The van der Waals surface area contributed by atoms with E-state index < -0.39 is 0 Å². The molecule has 148 valence electrons. The summed E-state index contributed by atoms with van der Waals surface area (Å²) in [7, 11) is 0. The van der Waals surface area contributed by atoms with Gasteiger partial charge in [0.1, 0.15) is 5.82 Å². The quantitative estimate of drug-likeness (QED) is 0.559. The molecule has 1 amide bonds. The fourth-order valence-electron chi connectivity index (χ4n) is 3.23. The Bertz CT molecular complexity index is 1180. The molecular weight excluding hydrogens is 373 g/mol. The summed E-state index contributed by atoms with van der Waals surface area (Å²) in [5, 5.41) is 11.9. The van der Waals surface area contributed by atoms with Crippen molar-refractivity contribution in [3.8, 4) is 11.3 Å². The van der Waals surface area contributed by atoms with Gasteiger partial charge in [0.2, 0.25) is 0 Å². The summed E-state index contributed by atoms with van der Waals surface area (Å²) in [5.74, 6) is -0.602. The van der Waals surface area contributed by atoms with Crippen molar-refractivity contribution in [3.63, 3.8) is 0 Å². The van der Waals surface area contributed by atoms with Crippen LogP contribution in [0.15, 0.2) is 47.1 Å². The van der Waals surface area contributed by atoms with Crippen LogP contribution in [-0.4, -0.2) is 31.9 Å². The summed E-state index contributed by atoms with van der Waals surface area (Å²) in [4.78, 5) is 17.5. The van der Waals surface area contributed by atoms with Gasteiger partial charge in [0, 0.05) is 17.8 Å². The summed E-state index contributed by atoms with van der Waals surface area (Å²) in [6.45, 7) is 6.13. The average Bonchev–Trinajstić information content (AvgIpc) is 3.27. The van der Waals surface area contributed by atoms with Crippen molar-refractivity contribution >= 4 is 17.0 Å². The molecule has 0 bridgehead atoms. The minimum absolute atomic E-state index is 0.153. The molecule has 1 aromatic carbocycles. The summed E-state index contributed by atoms with van der Waals surface area (Å²) in [6.07, 6.45) is 1.87. The minimum atomic E-state index is -0.342. The summed E-state index contributed by atoms with van der Waals surface area (Å²) in [5.41, 5.74) is 3.37. The number of halogens is 1. The highest BCUT2D eigenvalue weighted by molar-refractivity contribution is 6.07. The van der Waals surface area contributed by atoms with Crippen LogP contribution in [0.25, 0.3) is 22.4 Å². The molecule has 3 heterocycles. The number of fused-ring (bicyclic) bond motifs is 1. The van der Waals surface area contributed by atoms with E-state index in [-0.39, 0.29) is 23.5 Å². The number of hydrogen-bond donors (Lipinski definition) is 1. The first kappa shape index (κ1) is 18.8. The molecule has 1 N–H and O–H groups in total. The summed E-state index contributed by atoms with van der Waals surface area (Å²) >= 11 is 0. The number of carbonyl (C=O) groups is 1. The van der Waals surface area contributed by atoms with Crippen LogP contribution in [0.5, 0.6) is 0 Å². The van der Waals surface area contributed by atoms with E-state index in [1.54, 1.807) is 29.8 Å². The molecule has 29 heavy (non-hydrogen) atoms. The van der Waals surface area contributed by atoms with Gasteiger partial charge in [0.25, 0.3) is 11.6 Å². The SMILES string of the molecule is Cc1ccn(C[C@@H](C)NC(=O)c2cc(-c3ccc(F)cc3)nc3onc(C)c23)n1. The van der Waals surface area contributed by atoms with Gasteiger partial charge < -0.3 is 9.84 Å². The number of amides is 1. The second-order valence-corrected chi connectivity index (χ2v) is 7.06. The zero-order valence-corrected chi connectivity index (χ0v) is 16.3. The second kappa shape index (κ2) is 7.46. The third-order valence-corrected chi connectivity index (χ3v) is 4.61. The van der Waals surface area contributed by atoms with Gasteiger partial charge in [-0.2, -0.15) is 5.10 Å². The molecule has 0 unspecified atom stereocenters. The fourth-order valence-corrected chi connectivity index (χ4v) is 3.23. The average molecular weight is 393 g/mol. The largest absolute Gasteiger partial charge is 0.348 e. The first-order chi connectivity index (χ1) is 13.9. The Morgan fingerprint density at radius 1 is 1.24 bits per heavy atom. The lowest BCUT2D eigenvalue weighted by atomic mass is 10.0. The van der Waals surface area contributed by atoms with Gasteiger partial charge in [-0.25, -0.2) is 9.37 Å². The lowest BCUT2D eigenvalue weighted by Gasteiger charge is -2.15. The molecule has 0 radical (unpaired) electrons. The lowest BCUT2D eigenvalue weighted by molar-refractivity contribution is 0.0937. The van der Waals surface area contributed by atoms with E-state index in [9.17, 15) is 9.18 Å². The molecule has 0 spiro atoms. The molecule has 7 nitrogen and oxygen atoms in total. The molecule has 4 rings (SSSR count). The van der Waals surface area contributed by atoms with E-state index in [1.807, 2.05) is 26.1 Å². The molecule has 0 saturated carbocycles. The predicted octanol–water partition coefficient (Wildman–Crippen LogP) is 3.66. The number of aromatic nitrogens is 4. The summed E-state index contributed by atoms with van der Waals surface area (Å²) < 4.78 is 20.4. The Kier molecular flexibility index (Phi) is 4.84. The molecule has 1 atom stereocenters. The van der Waals surface area contributed by atoms with E-state index in [0.29, 0.717) is 34.4 Å². The maximum atomic E-state index is 13.3. The van der Waals surface area contributed by atoms with Gasteiger partial charge in [0.05, 0.1) is 34.6 Å². The monoisotopic (exact) mass is 393 g/mol. The van der Waals surface area contributed by atoms with Crippen LogP contribution in [0.4, 0.5) is 4.39 Å². The van der Waals surface area contributed by atoms with Crippen molar-refractivity contribution in [2.75, 3.05) is 0 Å². The predicted molar refractivity (Wildman–Crippen MR) is 106 cm³/mol. The van der Waals surface area contributed by atoms with Gasteiger partial charge in [0.15, 0.2) is 0 Å². The highest BCUT2D eigenvalue weighted by atomic mass is 19.1. The van der Waals surface area contributed by atoms with E-state index in [1.165, 1.54) is 12.1 Å². The standard InChI is InChI=1S/C21H20FN5O2/c1-12-8-9-27(25-12)11-13(2)23-20(28)17-10-18(15-4-6-16(22)7-5-15)24-21-19(17)14(3)26-29-21/h4-10,13H,11H2,1-3H3,(H,23,28)/t13-/m1/s1. The van der Waals surface area contributed by atoms with Crippen LogP contribution in [-0.2, 0) is 6.54 Å². The topological polar surface area (TPSA) is 85.8 Å². The van der Waals surface area contributed by atoms with Gasteiger partial charge in [-0.1, -0.05) is 5.16 Å². The molecule has 0 aliphatic carbocycles. The van der Waals surface area contributed by atoms with Crippen molar-refractivity contribution in [1.29, 1.82) is 0 Å². The Morgan fingerprint density at radius 2 is 2.00 bits per heavy atom. The zero-order chi connectivity index (χ0) is 20.5. The molecule has 0 aliphatic heterocycles. The maximum Gasteiger partial charge on any atom is 0.259 e. The number of nitrogens with one attached hydrogen (secondary N) is 1. The number of rotatable bonds is 5. The highest BCUT2D eigenvalue weighted by Gasteiger charge is 2.20. The molecule has 4 aromatic rings. The number of benzene rings is 1. The number of nitrogens with zero attached hydrogens (tertiary/aromatic N) is 4. The van der Waals surface area contributed by atoms with Crippen molar-refractivity contribution in [3.05, 3.63) is 65.4 Å². The minimum Gasteiger partial charge on any atom is -0.348 e. The number of hydrogen-bond acceptors (Lipinski definition) is 5. The first-order valence-electron chi connectivity index (χ1n) is 9.24. The Balaban J connectivity index is 1.66. The van der Waals surface area contributed by atoms with Crippen molar-refractivity contribution in [2.24, 2.45) is 0 Å². The lowest BCUT2D eigenvalue weighted by Crippen LogP contribution is -2.36. The van der Waals surface area contributed by atoms with E-state index in [0.717, 1.165) is 5.69 Å². The smallest absolute Gasteiger partial charge is 0.259 e. The molecular formula is C21H20FN5O2. The molecule has 0 saturated heterocycles. The number of carbonyl (C=O) groups excluding carboxylic acids is 1. The van der Waals surface area contributed by atoms with Gasteiger partial charge >= 0.3 is 0 Å². The third kappa shape index (κ3) is 3.87. The third-order valence-electron chi connectivity index (χ3n) is 4.61. The van der Waals surface area contributed by atoms with Crippen molar-refractivity contribution < 1.29 is 13.7 Å². The van der Waals surface area contributed by atoms with Crippen LogP contribution in [0.2, 0.25) is 0 Å². The van der Waals surface area contributed by atoms with Crippen molar-refractivity contribution in [2.45, 2.75) is 33.4 Å². The number of aryl methyl sites for hydroxylation is 2. The van der Waals surface area contributed by atoms with E-state index in [2.05, 4.69) is 20.6 Å². The van der Waals surface area contributed by atoms with Crippen molar-refractivity contribution in [1.82, 2.24) is 25.2 Å². The maximum absolute atomic E-state index is 13.3. The fraction of sp³-hybridized carbons (Fsp3) is 0.238. The Morgan fingerprint density at radius 3 is 2.69 bits per heavy atom. The van der Waals surface area contributed by atoms with Gasteiger partial charge in [-0.3, -0.25) is 9.48 Å². The van der Waals surface area contributed by atoms with Crippen LogP contribution < -0.4 is 5.32 Å². The van der Waals surface area contributed by atoms with Crippen LogP contribution in [0.1, 0.15) is 28.7 Å². The van der Waals surface area contributed by atoms with Crippen LogP contribution in [0, 0.1) is 19.7 Å². The van der Waals surface area contributed by atoms with E-state index in [4.69, 9.17) is 4.52 Å². The second-order valence-electron chi connectivity index (χ2n) is 7.06. The Labute approximate surface area is 166 Å². The summed E-state index contributed by atoms with van der Waals surface area (Å²) in [6, 6.07) is 9.35. The van der Waals surface area contributed by atoms with Crippen LogP contribution in [0.3, 0.4) is 0 Å². The zero-order valence-electron chi connectivity index (χ0n) is 16.3. The normalized spacial score (nSPS) is 12.3. The van der Waals surface area contributed by atoms with Gasteiger partial charge in [-0.15, -0.1) is 0 Å². The Hall–Kier alpha value is -3.55. The van der Waals surface area contributed by atoms with Gasteiger partial charge in [-0.05, 0) is 57.2 Å². The highest BCUT2D eigenvalue weighted by Crippen LogP contribution is 2.27. The molecule has 3 aromatic heterocycles. The van der Waals surface area contributed by atoms with E-state index >= 15 is 0 Å².